The van der Waals surface area contributed by atoms with E-state index in [9.17, 15) is 13.2 Å². The molecule has 0 saturated heterocycles. The van der Waals surface area contributed by atoms with Gasteiger partial charge in [0.1, 0.15) is 10.7 Å². The van der Waals surface area contributed by atoms with Crippen LogP contribution in [0.15, 0.2) is 53.4 Å². The molecule has 10 heteroatoms. The van der Waals surface area contributed by atoms with Crippen LogP contribution in [0.3, 0.4) is 0 Å². The normalized spacial score (nSPS) is 11.7. The van der Waals surface area contributed by atoms with Gasteiger partial charge >= 0.3 is 0 Å². The number of rotatable bonds is 5. The number of nitrogens with one attached hydrogen (secondary N) is 1. The average Bonchev–Trinajstić information content (AvgIpc) is 3.02. The summed E-state index contributed by atoms with van der Waals surface area (Å²) < 4.78 is 27.5. The molecule has 0 aliphatic rings. The molecule has 0 aliphatic heterocycles. The fourth-order valence-corrected chi connectivity index (χ4v) is 4.20. The Bertz CT molecular complexity index is 1190. The molecule has 2 aromatic carbocycles. The van der Waals surface area contributed by atoms with Gasteiger partial charge in [0.2, 0.25) is 10.0 Å². The van der Waals surface area contributed by atoms with Crippen molar-refractivity contribution in [1.82, 2.24) is 14.1 Å². The van der Waals surface area contributed by atoms with Crippen molar-refractivity contribution in [2.75, 3.05) is 19.4 Å². The Balaban J connectivity index is 1.97. The number of nitrogens with zero attached hydrogens (tertiary/aromatic N) is 3. The van der Waals surface area contributed by atoms with Crippen molar-refractivity contribution in [3.8, 4) is 5.69 Å². The Labute approximate surface area is 178 Å². The first-order valence-corrected chi connectivity index (χ1v) is 10.7. The quantitative estimate of drug-likeness (QED) is 0.633. The van der Waals surface area contributed by atoms with Gasteiger partial charge in [-0.3, -0.25) is 4.79 Å². The van der Waals surface area contributed by atoms with Gasteiger partial charge in [0.15, 0.2) is 0 Å². The largest absolute Gasteiger partial charge is 0.306 e. The molecule has 3 rings (SSSR count). The van der Waals surface area contributed by atoms with Crippen molar-refractivity contribution < 1.29 is 13.2 Å². The van der Waals surface area contributed by atoms with Crippen LogP contribution >= 0.6 is 23.2 Å². The highest BCUT2D eigenvalue weighted by Gasteiger charge is 2.23. The monoisotopic (exact) mass is 452 g/mol. The van der Waals surface area contributed by atoms with E-state index in [0.29, 0.717) is 22.2 Å². The van der Waals surface area contributed by atoms with E-state index < -0.39 is 15.9 Å². The van der Waals surface area contributed by atoms with Gasteiger partial charge in [-0.15, -0.1) is 0 Å². The SMILES string of the molecule is Cc1cc(NC(=O)c2ccc(Cl)c(S(=O)(=O)N(C)C)c2)n(-c2cccc(Cl)c2)n1. The van der Waals surface area contributed by atoms with Crippen molar-refractivity contribution in [2.45, 2.75) is 11.8 Å². The maximum atomic E-state index is 12.8. The van der Waals surface area contributed by atoms with Crippen LogP contribution < -0.4 is 5.32 Å². The molecule has 1 heterocycles. The van der Waals surface area contributed by atoms with Crippen LogP contribution in [-0.2, 0) is 10.0 Å². The molecule has 1 amide bonds. The molecule has 1 N–H and O–H groups in total. The molecule has 0 unspecified atom stereocenters. The Hall–Kier alpha value is -2.39. The number of aryl methyl sites for hydroxylation is 1. The van der Waals surface area contributed by atoms with E-state index in [1.165, 1.54) is 32.3 Å². The van der Waals surface area contributed by atoms with Gasteiger partial charge in [-0.05, 0) is 43.3 Å². The van der Waals surface area contributed by atoms with E-state index in [1.807, 2.05) is 0 Å². The summed E-state index contributed by atoms with van der Waals surface area (Å²) in [6, 6.07) is 12.8. The molecular formula is C19H18Cl2N4O3S. The molecular weight excluding hydrogens is 435 g/mol. The Kier molecular flexibility index (Phi) is 6.00. The second-order valence-corrected chi connectivity index (χ2v) is 9.41. The van der Waals surface area contributed by atoms with E-state index in [0.717, 1.165) is 4.31 Å². The molecule has 0 aliphatic carbocycles. The molecule has 1 aromatic heterocycles. The summed E-state index contributed by atoms with van der Waals surface area (Å²) in [5.74, 6) is -0.0817. The van der Waals surface area contributed by atoms with Gasteiger partial charge in [-0.1, -0.05) is 29.3 Å². The average molecular weight is 453 g/mol. The van der Waals surface area contributed by atoms with Gasteiger partial charge in [0, 0.05) is 30.7 Å². The number of benzene rings is 2. The lowest BCUT2D eigenvalue weighted by Gasteiger charge is -2.14. The number of amides is 1. The van der Waals surface area contributed by atoms with Crippen molar-refractivity contribution >= 4 is 45.0 Å². The lowest BCUT2D eigenvalue weighted by atomic mass is 10.2. The first-order valence-electron chi connectivity index (χ1n) is 8.45. The van der Waals surface area contributed by atoms with Gasteiger partial charge < -0.3 is 5.32 Å². The first kappa shape index (κ1) is 21.3. The second-order valence-electron chi connectivity index (χ2n) is 6.45. The van der Waals surface area contributed by atoms with Gasteiger partial charge in [0.25, 0.3) is 5.91 Å². The van der Waals surface area contributed by atoms with Crippen LogP contribution in [0.4, 0.5) is 5.82 Å². The summed E-state index contributed by atoms with van der Waals surface area (Å²) in [4.78, 5) is 12.7. The number of carbonyl (C=O) groups excluding carboxylic acids is 1. The maximum Gasteiger partial charge on any atom is 0.256 e. The fourth-order valence-electron chi connectivity index (χ4n) is 2.62. The minimum Gasteiger partial charge on any atom is -0.306 e. The molecule has 0 fully saturated rings. The van der Waals surface area contributed by atoms with Crippen LogP contribution in [-0.4, -0.2) is 42.5 Å². The van der Waals surface area contributed by atoms with Crippen LogP contribution in [0.25, 0.3) is 5.69 Å². The standard InChI is InChI=1S/C19H18Cl2N4O3S/c1-12-9-18(25(23-12)15-6-4-5-14(20)11-15)22-19(26)13-7-8-16(21)17(10-13)29(27,28)24(2)3/h4-11H,1-3H3,(H,22,26). The van der Waals surface area contributed by atoms with Crippen molar-refractivity contribution in [3.05, 3.63) is 69.8 Å². The zero-order valence-electron chi connectivity index (χ0n) is 15.8. The summed E-state index contributed by atoms with van der Waals surface area (Å²) in [5, 5.41) is 7.71. The third kappa shape index (κ3) is 4.45. The molecule has 0 atom stereocenters. The highest BCUT2D eigenvalue weighted by molar-refractivity contribution is 7.89. The summed E-state index contributed by atoms with van der Waals surface area (Å²) in [6.07, 6.45) is 0. The lowest BCUT2D eigenvalue weighted by molar-refractivity contribution is 0.102. The van der Waals surface area contributed by atoms with E-state index in [4.69, 9.17) is 23.2 Å². The van der Waals surface area contributed by atoms with Gasteiger partial charge in [-0.2, -0.15) is 5.10 Å². The smallest absolute Gasteiger partial charge is 0.256 e. The summed E-state index contributed by atoms with van der Waals surface area (Å²) >= 11 is 12.1. The lowest BCUT2D eigenvalue weighted by Crippen LogP contribution is -2.23. The van der Waals surface area contributed by atoms with E-state index >= 15 is 0 Å². The Morgan fingerprint density at radius 3 is 2.48 bits per heavy atom. The number of hydrogen-bond acceptors (Lipinski definition) is 4. The highest BCUT2D eigenvalue weighted by atomic mass is 35.5. The maximum absolute atomic E-state index is 12.8. The molecule has 0 spiro atoms. The van der Waals surface area contributed by atoms with Crippen LogP contribution in [0.1, 0.15) is 16.1 Å². The Morgan fingerprint density at radius 1 is 1.10 bits per heavy atom. The van der Waals surface area contributed by atoms with Crippen molar-refractivity contribution in [2.24, 2.45) is 0 Å². The highest BCUT2D eigenvalue weighted by Crippen LogP contribution is 2.26. The van der Waals surface area contributed by atoms with Crippen molar-refractivity contribution in [1.29, 1.82) is 0 Å². The molecule has 7 nitrogen and oxygen atoms in total. The third-order valence-corrected chi connectivity index (χ3v) is 6.61. The molecule has 29 heavy (non-hydrogen) atoms. The Morgan fingerprint density at radius 2 is 1.83 bits per heavy atom. The summed E-state index contributed by atoms with van der Waals surface area (Å²) in [7, 11) is -1.01. The number of anilines is 1. The predicted octanol–water partition coefficient (Wildman–Crippen LogP) is 3.99. The topological polar surface area (TPSA) is 84.3 Å². The van der Waals surface area contributed by atoms with E-state index in [1.54, 1.807) is 41.9 Å². The zero-order valence-corrected chi connectivity index (χ0v) is 18.2. The minimum absolute atomic E-state index is 0.0371. The van der Waals surface area contributed by atoms with Gasteiger partial charge in [0.05, 0.1) is 16.4 Å². The zero-order chi connectivity index (χ0) is 21.3. The number of sulfonamides is 1. The van der Waals surface area contributed by atoms with Crippen molar-refractivity contribution in [3.63, 3.8) is 0 Å². The molecule has 0 bridgehead atoms. The summed E-state index contributed by atoms with van der Waals surface area (Å²) in [5.41, 5.74) is 1.51. The minimum atomic E-state index is -3.80. The van der Waals surface area contributed by atoms with Crippen LogP contribution in [0, 0.1) is 6.92 Å². The number of halogens is 2. The van der Waals surface area contributed by atoms with Gasteiger partial charge in [-0.25, -0.2) is 17.4 Å². The predicted molar refractivity (Wildman–Crippen MR) is 114 cm³/mol. The van der Waals surface area contributed by atoms with E-state index in [-0.39, 0.29) is 15.5 Å². The molecule has 152 valence electrons. The molecule has 0 saturated carbocycles. The second kappa shape index (κ2) is 8.16. The van der Waals surface area contributed by atoms with Crippen LogP contribution in [0.2, 0.25) is 10.0 Å². The molecule has 3 aromatic rings. The van der Waals surface area contributed by atoms with E-state index in [2.05, 4.69) is 10.4 Å². The first-order chi connectivity index (χ1) is 13.6. The number of carbonyl (C=O) groups is 1. The number of aromatic nitrogens is 2. The number of hydrogen-bond donors (Lipinski definition) is 1. The van der Waals surface area contributed by atoms with Crippen LogP contribution in [0.5, 0.6) is 0 Å². The third-order valence-electron chi connectivity index (χ3n) is 4.08. The summed E-state index contributed by atoms with van der Waals surface area (Å²) in [6.45, 7) is 1.79. The molecule has 0 radical (unpaired) electrons. The fraction of sp³-hybridized carbons (Fsp3) is 0.158.